The van der Waals surface area contributed by atoms with Crippen LogP contribution < -0.4 is 5.32 Å². The molecule has 7 nitrogen and oxygen atoms in total. The Balaban J connectivity index is 1.70. The summed E-state index contributed by atoms with van der Waals surface area (Å²) in [5.41, 5.74) is 2.49. The first-order chi connectivity index (χ1) is 11.1. The third-order valence-corrected chi connectivity index (χ3v) is 3.55. The average molecular weight is 310 g/mol. The Kier molecular flexibility index (Phi) is 4.18. The van der Waals surface area contributed by atoms with Gasteiger partial charge in [-0.3, -0.25) is 4.79 Å². The van der Waals surface area contributed by atoms with Crippen molar-refractivity contribution >= 4 is 5.91 Å². The van der Waals surface area contributed by atoms with Crippen molar-refractivity contribution in [1.82, 2.24) is 30.5 Å². The minimum absolute atomic E-state index is 0.0892. The molecular formula is C16H18N6O. The summed E-state index contributed by atoms with van der Waals surface area (Å²) in [7, 11) is 0. The summed E-state index contributed by atoms with van der Waals surface area (Å²) in [5, 5.41) is 16.8. The molecule has 0 saturated heterocycles. The van der Waals surface area contributed by atoms with E-state index in [1.165, 1.54) is 0 Å². The minimum atomic E-state index is -0.0892. The van der Waals surface area contributed by atoms with Gasteiger partial charge in [-0.25, -0.2) is 0 Å². The second-order valence-corrected chi connectivity index (χ2v) is 5.51. The molecule has 0 spiro atoms. The maximum absolute atomic E-state index is 12.3. The number of hydrogen-bond donors (Lipinski definition) is 2. The molecule has 0 fully saturated rings. The molecule has 2 heterocycles. The number of tetrazole rings is 1. The topological polar surface area (TPSA) is 88.5 Å². The lowest BCUT2D eigenvalue weighted by Gasteiger charge is -2.13. The van der Waals surface area contributed by atoms with Gasteiger partial charge in [0.05, 0.1) is 0 Å². The summed E-state index contributed by atoms with van der Waals surface area (Å²) in [4.78, 5) is 12.3. The van der Waals surface area contributed by atoms with Gasteiger partial charge in [0.2, 0.25) is 5.82 Å². The van der Waals surface area contributed by atoms with Gasteiger partial charge >= 0.3 is 0 Å². The molecular weight excluding hydrogens is 292 g/mol. The summed E-state index contributed by atoms with van der Waals surface area (Å²) in [6.45, 7) is 4.53. The lowest BCUT2D eigenvalue weighted by molar-refractivity contribution is 0.0940. The van der Waals surface area contributed by atoms with Crippen LogP contribution in [0.25, 0.3) is 11.4 Å². The Hall–Kier alpha value is -2.96. The molecule has 118 valence electrons. The summed E-state index contributed by atoms with van der Waals surface area (Å²) in [6, 6.07) is 11.6. The summed E-state index contributed by atoms with van der Waals surface area (Å²) < 4.78 is 1.95. The molecule has 3 rings (SSSR count). The second-order valence-electron chi connectivity index (χ2n) is 5.51. The number of nitrogens with one attached hydrogen (secondary N) is 2. The van der Waals surface area contributed by atoms with Crippen molar-refractivity contribution in [2.45, 2.75) is 26.4 Å². The van der Waals surface area contributed by atoms with E-state index in [-0.39, 0.29) is 11.9 Å². The molecule has 0 saturated carbocycles. The highest BCUT2D eigenvalue weighted by atomic mass is 16.1. The number of carbonyl (C=O) groups is 1. The van der Waals surface area contributed by atoms with Gasteiger partial charge in [0, 0.05) is 24.3 Å². The lowest BCUT2D eigenvalue weighted by atomic mass is 10.1. The second kappa shape index (κ2) is 6.43. The van der Waals surface area contributed by atoms with Gasteiger partial charge in [0.25, 0.3) is 5.91 Å². The SMILES string of the molecule is CC(C)n1cccc1C(=O)NCc1cccc(-c2nn[nH]n2)c1. The van der Waals surface area contributed by atoms with Crippen molar-refractivity contribution in [3.63, 3.8) is 0 Å². The molecule has 0 bridgehead atoms. The van der Waals surface area contributed by atoms with Crippen LogP contribution in [0, 0.1) is 0 Å². The van der Waals surface area contributed by atoms with Crippen LogP contribution in [0.3, 0.4) is 0 Å². The fraction of sp³-hybridized carbons (Fsp3) is 0.250. The molecule has 1 aromatic carbocycles. The van der Waals surface area contributed by atoms with Crippen molar-refractivity contribution in [2.75, 3.05) is 0 Å². The van der Waals surface area contributed by atoms with Crippen molar-refractivity contribution in [3.8, 4) is 11.4 Å². The van der Waals surface area contributed by atoms with Crippen LogP contribution in [0.4, 0.5) is 0 Å². The Morgan fingerprint density at radius 3 is 2.91 bits per heavy atom. The number of carbonyl (C=O) groups excluding carboxylic acids is 1. The van der Waals surface area contributed by atoms with Crippen LogP contribution in [-0.4, -0.2) is 31.1 Å². The largest absolute Gasteiger partial charge is 0.347 e. The Morgan fingerprint density at radius 1 is 1.30 bits per heavy atom. The predicted molar refractivity (Wildman–Crippen MR) is 85.6 cm³/mol. The van der Waals surface area contributed by atoms with Gasteiger partial charge in [0.1, 0.15) is 5.69 Å². The zero-order valence-electron chi connectivity index (χ0n) is 13.0. The standard InChI is InChI=1S/C16H18N6O/c1-11(2)22-8-4-7-14(22)16(23)17-10-12-5-3-6-13(9-12)15-18-20-21-19-15/h3-9,11H,10H2,1-2H3,(H,17,23)(H,18,19,20,21). The van der Waals surface area contributed by atoms with Crippen molar-refractivity contribution in [1.29, 1.82) is 0 Å². The Morgan fingerprint density at radius 2 is 2.17 bits per heavy atom. The van der Waals surface area contributed by atoms with E-state index in [0.29, 0.717) is 18.1 Å². The van der Waals surface area contributed by atoms with Gasteiger partial charge in [-0.1, -0.05) is 18.2 Å². The van der Waals surface area contributed by atoms with Crippen LogP contribution in [0.15, 0.2) is 42.6 Å². The molecule has 0 aliphatic rings. The zero-order valence-corrected chi connectivity index (χ0v) is 13.0. The molecule has 1 amide bonds. The molecule has 0 radical (unpaired) electrons. The number of aromatic nitrogens is 5. The van der Waals surface area contributed by atoms with E-state index in [1.54, 1.807) is 0 Å². The zero-order chi connectivity index (χ0) is 16.2. The summed E-state index contributed by atoms with van der Waals surface area (Å²) >= 11 is 0. The fourth-order valence-electron chi connectivity index (χ4n) is 2.41. The third-order valence-electron chi connectivity index (χ3n) is 3.55. The highest BCUT2D eigenvalue weighted by molar-refractivity contribution is 5.92. The molecule has 0 atom stereocenters. The monoisotopic (exact) mass is 310 g/mol. The number of aromatic amines is 1. The van der Waals surface area contributed by atoms with Gasteiger partial charge < -0.3 is 9.88 Å². The first-order valence-corrected chi connectivity index (χ1v) is 7.43. The minimum Gasteiger partial charge on any atom is -0.347 e. The van der Waals surface area contributed by atoms with Crippen LogP contribution in [0.1, 0.15) is 35.9 Å². The Bertz CT molecular complexity index is 791. The third kappa shape index (κ3) is 3.28. The van der Waals surface area contributed by atoms with E-state index >= 15 is 0 Å². The van der Waals surface area contributed by atoms with Crippen molar-refractivity contribution in [3.05, 3.63) is 53.9 Å². The van der Waals surface area contributed by atoms with E-state index < -0.39 is 0 Å². The van der Waals surface area contributed by atoms with Gasteiger partial charge in [-0.2, -0.15) is 5.21 Å². The van der Waals surface area contributed by atoms with Crippen LogP contribution in [0.2, 0.25) is 0 Å². The van der Waals surface area contributed by atoms with Crippen LogP contribution in [0.5, 0.6) is 0 Å². The quantitative estimate of drug-likeness (QED) is 0.756. The molecule has 2 aromatic heterocycles. The van der Waals surface area contributed by atoms with Crippen molar-refractivity contribution in [2.24, 2.45) is 0 Å². The summed E-state index contributed by atoms with van der Waals surface area (Å²) in [5.74, 6) is 0.445. The summed E-state index contributed by atoms with van der Waals surface area (Å²) in [6.07, 6.45) is 1.91. The Labute approximate surface area is 133 Å². The van der Waals surface area contributed by atoms with Gasteiger partial charge in [0.15, 0.2) is 0 Å². The van der Waals surface area contributed by atoms with E-state index in [9.17, 15) is 4.79 Å². The number of benzene rings is 1. The first-order valence-electron chi connectivity index (χ1n) is 7.43. The lowest BCUT2D eigenvalue weighted by Crippen LogP contribution is -2.25. The first kappa shape index (κ1) is 15.0. The number of amides is 1. The van der Waals surface area contributed by atoms with Crippen molar-refractivity contribution < 1.29 is 4.79 Å². The molecule has 7 heteroatoms. The van der Waals surface area contributed by atoms with Crippen LogP contribution >= 0.6 is 0 Å². The number of hydrogen-bond acceptors (Lipinski definition) is 4. The highest BCUT2D eigenvalue weighted by Crippen LogP contribution is 2.15. The van der Waals surface area contributed by atoms with E-state index in [0.717, 1.165) is 11.1 Å². The van der Waals surface area contributed by atoms with Crippen LogP contribution in [-0.2, 0) is 6.54 Å². The average Bonchev–Trinajstić information content (AvgIpc) is 3.23. The predicted octanol–water partition coefficient (Wildman–Crippen LogP) is 2.18. The van der Waals surface area contributed by atoms with E-state index in [4.69, 9.17) is 0 Å². The smallest absolute Gasteiger partial charge is 0.268 e. The normalized spacial score (nSPS) is 10.9. The maximum Gasteiger partial charge on any atom is 0.268 e. The number of rotatable bonds is 5. The highest BCUT2D eigenvalue weighted by Gasteiger charge is 2.12. The molecule has 3 aromatic rings. The van der Waals surface area contributed by atoms with Gasteiger partial charge in [-0.05, 0) is 42.8 Å². The number of H-pyrrole nitrogens is 1. The molecule has 0 unspecified atom stereocenters. The molecule has 0 aliphatic carbocycles. The molecule has 23 heavy (non-hydrogen) atoms. The fourth-order valence-corrected chi connectivity index (χ4v) is 2.41. The van der Waals surface area contributed by atoms with Gasteiger partial charge in [-0.15, -0.1) is 10.2 Å². The number of nitrogens with zero attached hydrogens (tertiary/aromatic N) is 4. The maximum atomic E-state index is 12.3. The van der Waals surface area contributed by atoms with E-state index in [1.807, 2.05) is 61.0 Å². The van der Waals surface area contributed by atoms with E-state index in [2.05, 4.69) is 25.9 Å². The molecule has 0 aliphatic heterocycles. The molecule has 2 N–H and O–H groups in total.